The maximum Gasteiger partial charge on any atom is 0.243 e. The first-order valence-corrected chi connectivity index (χ1v) is 12.9. The molecule has 0 radical (unpaired) electrons. The van der Waals surface area contributed by atoms with Crippen molar-refractivity contribution in [2.75, 3.05) is 13.1 Å². The molecule has 8 nitrogen and oxygen atoms in total. The van der Waals surface area contributed by atoms with Gasteiger partial charge in [-0.05, 0) is 42.8 Å². The van der Waals surface area contributed by atoms with E-state index in [0.717, 1.165) is 17.1 Å². The molecule has 0 amide bonds. The number of fused-ring (bicyclic) bond motifs is 1. The molecule has 1 N–H and O–H groups in total. The number of H-pyrrole nitrogens is 1. The molecular formula is C21H23ClN6O2S2. The minimum atomic E-state index is -3.53. The van der Waals surface area contributed by atoms with Gasteiger partial charge in [0.25, 0.3) is 0 Å². The zero-order valence-corrected chi connectivity index (χ0v) is 20.3. The van der Waals surface area contributed by atoms with Crippen molar-refractivity contribution in [1.82, 2.24) is 29.0 Å². The quantitative estimate of drug-likeness (QED) is 0.367. The number of halogens is 1. The summed E-state index contributed by atoms with van der Waals surface area (Å²) in [6.07, 6.45) is 1.65. The van der Waals surface area contributed by atoms with Crippen LogP contribution in [0.4, 0.5) is 0 Å². The molecule has 0 bridgehead atoms. The van der Waals surface area contributed by atoms with Crippen molar-refractivity contribution in [2.24, 2.45) is 0 Å². The van der Waals surface area contributed by atoms with Gasteiger partial charge in [0.15, 0.2) is 5.16 Å². The Kier molecular flexibility index (Phi) is 6.57. The number of aryl methyl sites for hydroxylation is 1. The molecular weight excluding hydrogens is 468 g/mol. The summed E-state index contributed by atoms with van der Waals surface area (Å²) in [6.45, 7) is 6.46. The van der Waals surface area contributed by atoms with Crippen molar-refractivity contribution >= 4 is 44.4 Å². The summed E-state index contributed by atoms with van der Waals surface area (Å²) >= 11 is 7.74. The van der Waals surface area contributed by atoms with Crippen LogP contribution in [0.1, 0.15) is 25.2 Å². The number of imidazole rings is 1. The van der Waals surface area contributed by atoms with Crippen LogP contribution in [0, 0.1) is 6.92 Å². The average Bonchev–Trinajstić information content (AvgIpc) is 3.40. The van der Waals surface area contributed by atoms with E-state index in [0.29, 0.717) is 40.1 Å². The summed E-state index contributed by atoms with van der Waals surface area (Å²) in [5.74, 6) is 1.24. The van der Waals surface area contributed by atoms with Crippen LogP contribution in [0.3, 0.4) is 0 Å². The van der Waals surface area contributed by atoms with E-state index in [-0.39, 0.29) is 4.90 Å². The third-order valence-electron chi connectivity index (χ3n) is 5.13. The van der Waals surface area contributed by atoms with E-state index in [2.05, 4.69) is 20.2 Å². The van der Waals surface area contributed by atoms with Gasteiger partial charge in [-0.25, -0.2) is 13.4 Å². The lowest BCUT2D eigenvalue weighted by Crippen LogP contribution is -2.30. The third kappa shape index (κ3) is 4.40. The number of thioether (sulfide) groups is 1. The SMILES string of the molecule is CCN(CC)S(=O)(=O)c1ccc2nc(CSc3nncn3-c3ccc(C)c(Cl)c3)[nH]c2c1. The molecule has 11 heteroatoms. The predicted octanol–water partition coefficient (Wildman–Crippen LogP) is 4.43. The van der Waals surface area contributed by atoms with Crippen molar-refractivity contribution in [3.05, 3.63) is 59.1 Å². The molecule has 4 aromatic rings. The Balaban J connectivity index is 1.55. The molecule has 2 aromatic carbocycles. The van der Waals surface area contributed by atoms with Crippen LogP contribution in [-0.4, -0.2) is 50.5 Å². The van der Waals surface area contributed by atoms with Crippen LogP contribution >= 0.6 is 23.4 Å². The molecule has 2 aromatic heterocycles. The van der Waals surface area contributed by atoms with Crippen molar-refractivity contribution < 1.29 is 8.42 Å². The molecule has 0 aliphatic heterocycles. The highest BCUT2D eigenvalue weighted by Crippen LogP contribution is 2.27. The number of nitrogens with zero attached hydrogens (tertiary/aromatic N) is 5. The molecule has 0 saturated carbocycles. The summed E-state index contributed by atoms with van der Waals surface area (Å²) in [6, 6.07) is 10.8. The first kappa shape index (κ1) is 22.8. The van der Waals surface area contributed by atoms with Crippen molar-refractivity contribution in [1.29, 1.82) is 0 Å². The number of aromatic nitrogens is 5. The first-order valence-electron chi connectivity index (χ1n) is 10.1. The number of hydrogen-bond acceptors (Lipinski definition) is 6. The van der Waals surface area contributed by atoms with Crippen LogP contribution in [-0.2, 0) is 15.8 Å². The summed E-state index contributed by atoms with van der Waals surface area (Å²) < 4.78 is 28.9. The molecule has 0 aliphatic rings. The second-order valence-electron chi connectivity index (χ2n) is 7.16. The molecule has 0 spiro atoms. The second kappa shape index (κ2) is 9.22. The van der Waals surface area contributed by atoms with E-state index in [4.69, 9.17) is 11.6 Å². The van der Waals surface area contributed by atoms with E-state index in [9.17, 15) is 8.42 Å². The monoisotopic (exact) mass is 490 g/mol. The van der Waals surface area contributed by atoms with Gasteiger partial charge in [-0.3, -0.25) is 4.57 Å². The Labute approximate surface area is 196 Å². The fourth-order valence-corrected chi connectivity index (χ4v) is 5.81. The number of hydrogen-bond donors (Lipinski definition) is 1. The molecule has 0 fully saturated rings. The van der Waals surface area contributed by atoms with E-state index in [1.54, 1.807) is 24.5 Å². The van der Waals surface area contributed by atoms with Crippen LogP contribution in [0.2, 0.25) is 5.02 Å². The van der Waals surface area contributed by atoms with Gasteiger partial charge in [-0.2, -0.15) is 4.31 Å². The lowest BCUT2D eigenvalue weighted by molar-refractivity contribution is 0.445. The minimum Gasteiger partial charge on any atom is -0.341 e. The van der Waals surface area contributed by atoms with Crippen molar-refractivity contribution in [3.8, 4) is 5.69 Å². The second-order valence-corrected chi connectivity index (χ2v) is 10.4. The van der Waals surface area contributed by atoms with Crippen LogP contribution < -0.4 is 0 Å². The largest absolute Gasteiger partial charge is 0.341 e. The lowest BCUT2D eigenvalue weighted by Gasteiger charge is -2.18. The molecule has 0 unspecified atom stereocenters. The van der Waals surface area contributed by atoms with E-state index in [1.165, 1.54) is 16.1 Å². The molecule has 168 valence electrons. The van der Waals surface area contributed by atoms with Gasteiger partial charge in [-0.15, -0.1) is 10.2 Å². The fraction of sp³-hybridized carbons (Fsp3) is 0.286. The Bertz CT molecular complexity index is 1360. The summed E-state index contributed by atoms with van der Waals surface area (Å²) in [5.41, 5.74) is 3.28. The van der Waals surface area contributed by atoms with E-state index in [1.807, 2.05) is 43.5 Å². The average molecular weight is 491 g/mol. The maximum atomic E-state index is 12.8. The molecule has 4 rings (SSSR count). The van der Waals surface area contributed by atoms with Crippen molar-refractivity contribution in [2.45, 2.75) is 36.6 Å². The Morgan fingerprint density at radius 2 is 1.94 bits per heavy atom. The van der Waals surface area contributed by atoms with Gasteiger partial charge in [0.2, 0.25) is 10.0 Å². The van der Waals surface area contributed by atoms with Crippen LogP contribution in [0.15, 0.2) is 52.8 Å². The summed E-state index contributed by atoms with van der Waals surface area (Å²) in [4.78, 5) is 8.07. The highest BCUT2D eigenvalue weighted by atomic mass is 35.5. The van der Waals surface area contributed by atoms with Gasteiger partial charge < -0.3 is 4.98 Å². The predicted molar refractivity (Wildman–Crippen MR) is 127 cm³/mol. The number of benzene rings is 2. The van der Waals surface area contributed by atoms with Gasteiger partial charge in [0.1, 0.15) is 12.2 Å². The van der Waals surface area contributed by atoms with Crippen LogP contribution in [0.25, 0.3) is 16.7 Å². The highest BCUT2D eigenvalue weighted by Gasteiger charge is 2.22. The smallest absolute Gasteiger partial charge is 0.243 e. The first-order chi connectivity index (χ1) is 15.3. The summed E-state index contributed by atoms with van der Waals surface area (Å²) in [5, 5.41) is 9.61. The molecule has 0 saturated heterocycles. The van der Waals surface area contributed by atoms with Gasteiger partial charge in [0.05, 0.1) is 27.4 Å². The Hall–Kier alpha value is -2.40. The van der Waals surface area contributed by atoms with Gasteiger partial charge in [-0.1, -0.05) is 43.3 Å². The van der Waals surface area contributed by atoms with E-state index < -0.39 is 10.0 Å². The Morgan fingerprint density at radius 1 is 1.16 bits per heavy atom. The zero-order chi connectivity index (χ0) is 22.9. The number of aromatic amines is 1. The number of sulfonamides is 1. The van der Waals surface area contributed by atoms with Crippen LogP contribution in [0.5, 0.6) is 0 Å². The molecule has 32 heavy (non-hydrogen) atoms. The molecule has 0 aliphatic carbocycles. The van der Waals surface area contributed by atoms with Gasteiger partial charge in [0, 0.05) is 18.1 Å². The normalized spacial score (nSPS) is 12.2. The summed E-state index contributed by atoms with van der Waals surface area (Å²) in [7, 11) is -3.53. The molecule has 0 atom stereocenters. The topological polar surface area (TPSA) is 96.8 Å². The number of nitrogens with one attached hydrogen (secondary N) is 1. The minimum absolute atomic E-state index is 0.257. The fourth-order valence-electron chi connectivity index (χ4n) is 3.35. The van der Waals surface area contributed by atoms with E-state index >= 15 is 0 Å². The third-order valence-corrected chi connectivity index (χ3v) is 8.54. The highest BCUT2D eigenvalue weighted by molar-refractivity contribution is 7.98. The lowest BCUT2D eigenvalue weighted by atomic mass is 10.2. The van der Waals surface area contributed by atoms with Gasteiger partial charge >= 0.3 is 0 Å². The van der Waals surface area contributed by atoms with Crippen molar-refractivity contribution in [3.63, 3.8) is 0 Å². The molecule has 2 heterocycles. The number of rotatable bonds is 8. The standard InChI is InChI=1S/C21H23ClN6O2S2/c1-4-27(5-2)32(29,30)16-8-9-18-19(11-16)25-20(24-18)12-31-21-26-23-13-28(21)15-7-6-14(3)17(22)10-15/h6-11,13H,4-5,12H2,1-3H3,(H,24,25). The Morgan fingerprint density at radius 3 is 2.66 bits per heavy atom. The maximum absolute atomic E-state index is 12.8. The zero-order valence-electron chi connectivity index (χ0n) is 17.9.